The molecule has 3 rings (SSSR count). The molecule has 0 aliphatic carbocycles. The third kappa shape index (κ3) is 5.86. The fraction of sp³-hybridized carbons (Fsp3) is 0. The molecule has 10 nitrogen and oxygen atoms in total. The van der Waals surface area contributed by atoms with Crippen molar-refractivity contribution in [2.24, 2.45) is 0 Å². The molecule has 1 N–H and O–H groups in total. The molecule has 0 saturated carbocycles. The number of nitro benzene ring substituents is 3. The largest absolute Gasteiger partial charge is 0.497 e. The molecule has 0 unspecified atom stereocenters. The van der Waals surface area contributed by atoms with Gasteiger partial charge in [0.05, 0.1) is 26.9 Å². The van der Waals surface area contributed by atoms with Crippen LogP contribution >= 0.6 is 0 Å². The first-order valence-electron chi connectivity index (χ1n) is 8.22. The SMILES string of the molecule is C(#Cc1ccccc1)c1ccccc1.O=[N+]([O-])c1cc([N+](=O)[O-])c(O)c([N+](=O)[O-])c1. The maximum absolute atomic E-state index is 10.4. The predicted molar refractivity (Wildman–Crippen MR) is 107 cm³/mol. The van der Waals surface area contributed by atoms with Crippen LogP contribution in [0.15, 0.2) is 72.8 Å². The Balaban J connectivity index is 0.000000215. The van der Waals surface area contributed by atoms with E-state index in [1.807, 2.05) is 60.7 Å². The summed E-state index contributed by atoms with van der Waals surface area (Å²) in [7, 11) is 0. The minimum absolute atomic E-state index is 0.447. The molecule has 0 aliphatic heterocycles. The van der Waals surface area contributed by atoms with Gasteiger partial charge in [0.15, 0.2) is 0 Å². The lowest BCUT2D eigenvalue weighted by atomic mass is 10.2. The van der Waals surface area contributed by atoms with E-state index in [-0.39, 0.29) is 0 Å². The van der Waals surface area contributed by atoms with Gasteiger partial charge >= 0.3 is 11.4 Å². The summed E-state index contributed by atoms with van der Waals surface area (Å²) in [5, 5.41) is 40.2. The molecular weight excluding hydrogens is 394 g/mol. The van der Waals surface area contributed by atoms with E-state index in [2.05, 4.69) is 11.8 Å². The van der Waals surface area contributed by atoms with Crippen LogP contribution in [0, 0.1) is 42.2 Å². The van der Waals surface area contributed by atoms with Gasteiger partial charge in [-0.3, -0.25) is 30.3 Å². The Morgan fingerprint density at radius 3 is 1.30 bits per heavy atom. The Kier molecular flexibility index (Phi) is 7.14. The number of phenols is 1. The zero-order valence-corrected chi connectivity index (χ0v) is 15.2. The molecule has 0 aromatic heterocycles. The van der Waals surface area contributed by atoms with Gasteiger partial charge < -0.3 is 5.11 Å². The molecule has 0 spiro atoms. The van der Waals surface area contributed by atoms with Crippen molar-refractivity contribution >= 4 is 17.1 Å². The number of rotatable bonds is 3. The zero-order valence-electron chi connectivity index (χ0n) is 15.2. The van der Waals surface area contributed by atoms with Gasteiger partial charge in [-0.1, -0.05) is 48.2 Å². The lowest BCUT2D eigenvalue weighted by Gasteiger charge is -1.97. The number of phenolic OH excluding ortho intramolecular Hbond substituents is 1. The third-order valence-corrected chi connectivity index (χ3v) is 3.56. The Bertz CT molecular complexity index is 1060. The van der Waals surface area contributed by atoms with Crippen molar-refractivity contribution in [3.8, 4) is 17.6 Å². The van der Waals surface area contributed by atoms with E-state index in [1.54, 1.807) is 0 Å². The van der Waals surface area contributed by atoms with Crippen molar-refractivity contribution in [2.75, 3.05) is 0 Å². The van der Waals surface area contributed by atoms with Gasteiger partial charge in [-0.2, -0.15) is 0 Å². The van der Waals surface area contributed by atoms with Crippen LogP contribution in [0.5, 0.6) is 5.75 Å². The quantitative estimate of drug-likeness (QED) is 0.388. The summed E-state index contributed by atoms with van der Waals surface area (Å²) in [6, 6.07) is 20.9. The number of nitrogens with zero attached hydrogens (tertiary/aromatic N) is 3. The lowest BCUT2D eigenvalue weighted by molar-refractivity contribution is -0.404. The molecule has 30 heavy (non-hydrogen) atoms. The van der Waals surface area contributed by atoms with E-state index < -0.39 is 37.6 Å². The molecule has 10 heteroatoms. The van der Waals surface area contributed by atoms with Gasteiger partial charge in [0, 0.05) is 11.1 Å². The molecule has 3 aromatic rings. The van der Waals surface area contributed by atoms with Gasteiger partial charge in [-0.15, -0.1) is 0 Å². The first kappa shape index (κ1) is 21.5. The summed E-state index contributed by atoms with van der Waals surface area (Å²) in [5.41, 5.74) is -0.897. The van der Waals surface area contributed by atoms with E-state index in [9.17, 15) is 30.3 Å². The lowest BCUT2D eigenvalue weighted by Crippen LogP contribution is -1.97. The molecule has 0 aliphatic rings. The van der Waals surface area contributed by atoms with Crippen LogP contribution in [0.25, 0.3) is 0 Å². The fourth-order valence-electron chi connectivity index (χ4n) is 2.16. The number of nitro groups is 3. The molecule has 0 bridgehead atoms. The van der Waals surface area contributed by atoms with Crippen LogP contribution in [0.3, 0.4) is 0 Å². The monoisotopic (exact) mass is 407 g/mol. The highest BCUT2D eigenvalue weighted by atomic mass is 16.6. The molecule has 0 amide bonds. The van der Waals surface area contributed by atoms with Gasteiger partial charge in [-0.05, 0) is 24.3 Å². The summed E-state index contributed by atoms with van der Waals surface area (Å²) < 4.78 is 0. The number of non-ortho nitro benzene ring substituents is 1. The Labute approximate surface area is 169 Å². The first-order chi connectivity index (χ1) is 14.3. The summed E-state index contributed by atoms with van der Waals surface area (Å²) in [5.74, 6) is 5.01. The van der Waals surface area contributed by atoms with Crippen LogP contribution in [0.1, 0.15) is 11.1 Å². The molecule has 0 fully saturated rings. The average Bonchev–Trinajstić information content (AvgIpc) is 2.74. The average molecular weight is 407 g/mol. The minimum atomic E-state index is -1.21. The Hall–Kier alpha value is -4.78. The highest BCUT2D eigenvalue weighted by Crippen LogP contribution is 2.38. The van der Waals surface area contributed by atoms with Crippen molar-refractivity contribution in [3.63, 3.8) is 0 Å². The molecule has 0 radical (unpaired) electrons. The molecule has 3 aromatic carbocycles. The van der Waals surface area contributed by atoms with Crippen molar-refractivity contribution in [1.82, 2.24) is 0 Å². The van der Waals surface area contributed by atoms with E-state index in [0.29, 0.717) is 12.1 Å². The molecule has 0 saturated heterocycles. The molecule has 150 valence electrons. The third-order valence-electron chi connectivity index (χ3n) is 3.56. The van der Waals surface area contributed by atoms with Crippen LogP contribution in [-0.2, 0) is 0 Å². The minimum Gasteiger partial charge on any atom is -0.497 e. The molecule has 0 atom stereocenters. The highest BCUT2D eigenvalue weighted by Gasteiger charge is 2.30. The van der Waals surface area contributed by atoms with Gasteiger partial charge in [-0.25, -0.2) is 0 Å². The first-order valence-corrected chi connectivity index (χ1v) is 8.22. The van der Waals surface area contributed by atoms with E-state index >= 15 is 0 Å². The topological polar surface area (TPSA) is 150 Å². The maximum atomic E-state index is 10.4. The number of benzene rings is 3. The second-order valence-corrected chi connectivity index (χ2v) is 5.59. The van der Waals surface area contributed by atoms with Crippen molar-refractivity contribution in [1.29, 1.82) is 0 Å². The predicted octanol–water partition coefficient (Wildman–Crippen LogP) is 4.20. The van der Waals surface area contributed by atoms with Gasteiger partial charge in [0.2, 0.25) is 0 Å². The van der Waals surface area contributed by atoms with E-state index in [1.165, 1.54) is 0 Å². The zero-order chi connectivity index (χ0) is 22.1. The molecule has 0 heterocycles. The Morgan fingerprint density at radius 2 is 1.00 bits per heavy atom. The highest BCUT2D eigenvalue weighted by molar-refractivity contribution is 5.64. The summed E-state index contributed by atoms with van der Waals surface area (Å²) >= 11 is 0. The van der Waals surface area contributed by atoms with Crippen molar-refractivity contribution in [3.05, 3.63) is 114 Å². The summed E-state index contributed by atoms with van der Waals surface area (Å²) in [6.45, 7) is 0. The van der Waals surface area contributed by atoms with Crippen molar-refractivity contribution in [2.45, 2.75) is 0 Å². The Morgan fingerprint density at radius 1 is 0.633 bits per heavy atom. The summed E-state index contributed by atoms with van der Waals surface area (Å²) in [6.07, 6.45) is 0. The van der Waals surface area contributed by atoms with Crippen LogP contribution in [0.2, 0.25) is 0 Å². The molecular formula is C20H13N3O7. The number of hydrogen-bond acceptors (Lipinski definition) is 7. The van der Waals surface area contributed by atoms with E-state index in [0.717, 1.165) is 11.1 Å². The second-order valence-electron chi connectivity index (χ2n) is 5.59. The van der Waals surface area contributed by atoms with E-state index in [4.69, 9.17) is 5.11 Å². The normalized spacial score (nSPS) is 9.33. The van der Waals surface area contributed by atoms with Crippen LogP contribution < -0.4 is 0 Å². The van der Waals surface area contributed by atoms with Crippen LogP contribution in [0.4, 0.5) is 17.1 Å². The fourth-order valence-corrected chi connectivity index (χ4v) is 2.16. The number of aromatic hydroxyl groups is 1. The maximum Gasteiger partial charge on any atom is 0.324 e. The van der Waals surface area contributed by atoms with Crippen LogP contribution in [-0.4, -0.2) is 19.9 Å². The summed E-state index contributed by atoms with van der Waals surface area (Å²) in [4.78, 5) is 27.8. The standard InChI is InChI=1S/C14H10.C6H3N3O7/c1-3-7-13(8-4-1)11-12-14-9-5-2-6-10-14;10-6-4(8(13)14)1-3(7(11)12)2-5(6)9(15)16/h1-10H;1-2,10H. The number of hydrogen-bond donors (Lipinski definition) is 1. The second kappa shape index (κ2) is 9.95. The van der Waals surface area contributed by atoms with Gasteiger partial charge in [0.25, 0.3) is 11.4 Å². The van der Waals surface area contributed by atoms with Crippen molar-refractivity contribution < 1.29 is 19.9 Å². The smallest absolute Gasteiger partial charge is 0.324 e. The van der Waals surface area contributed by atoms with Gasteiger partial charge in [0.1, 0.15) is 0 Å².